The predicted octanol–water partition coefficient (Wildman–Crippen LogP) is 2.02. The van der Waals surface area contributed by atoms with Crippen LogP contribution in [-0.4, -0.2) is 50.3 Å². The van der Waals surface area contributed by atoms with Gasteiger partial charge in [0.1, 0.15) is 0 Å². The molecule has 1 aromatic rings. The van der Waals surface area contributed by atoms with Crippen molar-refractivity contribution < 1.29 is 19.0 Å². The molecular weight excluding hydrogens is 282 g/mol. The highest BCUT2D eigenvalue weighted by atomic mass is 16.5. The van der Waals surface area contributed by atoms with Crippen LogP contribution >= 0.6 is 0 Å². The highest BCUT2D eigenvalue weighted by molar-refractivity contribution is 5.78. The Hall–Kier alpha value is -1.75. The fraction of sp³-hybridized carbons (Fsp3) is 0.588. The molecule has 2 fully saturated rings. The van der Waals surface area contributed by atoms with E-state index in [1.54, 1.807) is 7.11 Å². The summed E-state index contributed by atoms with van der Waals surface area (Å²) in [5, 5.41) is 0. The van der Waals surface area contributed by atoms with Crippen molar-refractivity contribution in [2.45, 2.75) is 25.9 Å². The summed E-state index contributed by atoms with van der Waals surface area (Å²) in [5.74, 6) is 1.92. The molecule has 1 heterocycles. The SMILES string of the molecule is COc1cc(C)ccc1OCC(=O)N1CCOC(C2CC2)C1. The van der Waals surface area contributed by atoms with E-state index < -0.39 is 0 Å². The molecule has 1 saturated heterocycles. The predicted molar refractivity (Wildman–Crippen MR) is 82.3 cm³/mol. The van der Waals surface area contributed by atoms with E-state index in [1.165, 1.54) is 12.8 Å². The summed E-state index contributed by atoms with van der Waals surface area (Å²) in [7, 11) is 1.60. The number of aryl methyl sites for hydroxylation is 1. The Kier molecular flexibility index (Phi) is 4.52. The second-order valence-electron chi connectivity index (χ2n) is 6.03. The molecule has 22 heavy (non-hydrogen) atoms. The molecule has 1 amide bonds. The summed E-state index contributed by atoms with van der Waals surface area (Å²) in [6.07, 6.45) is 2.67. The number of amides is 1. The molecule has 1 unspecified atom stereocenters. The van der Waals surface area contributed by atoms with Gasteiger partial charge in [-0.1, -0.05) is 6.07 Å². The lowest BCUT2D eigenvalue weighted by atomic mass is 10.2. The highest BCUT2D eigenvalue weighted by Crippen LogP contribution is 2.35. The van der Waals surface area contributed by atoms with Gasteiger partial charge in [0.25, 0.3) is 5.91 Å². The number of hydrogen-bond acceptors (Lipinski definition) is 4. The van der Waals surface area contributed by atoms with Gasteiger partial charge in [-0.2, -0.15) is 0 Å². The van der Waals surface area contributed by atoms with Gasteiger partial charge in [-0.15, -0.1) is 0 Å². The van der Waals surface area contributed by atoms with Crippen LogP contribution in [0.15, 0.2) is 18.2 Å². The molecule has 5 nitrogen and oxygen atoms in total. The number of hydrogen-bond donors (Lipinski definition) is 0. The van der Waals surface area contributed by atoms with Crippen LogP contribution in [0.5, 0.6) is 11.5 Å². The van der Waals surface area contributed by atoms with Crippen LogP contribution in [0, 0.1) is 12.8 Å². The van der Waals surface area contributed by atoms with Gasteiger partial charge in [-0.3, -0.25) is 4.79 Å². The van der Waals surface area contributed by atoms with Crippen molar-refractivity contribution in [1.29, 1.82) is 0 Å². The monoisotopic (exact) mass is 305 g/mol. The first-order chi connectivity index (χ1) is 10.7. The first kappa shape index (κ1) is 15.2. The van der Waals surface area contributed by atoms with Gasteiger partial charge in [-0.05, 0) is 43.4 Å². The zero-order valence-corrected chi connectivity index (χ0v) is 13.2. The maximum absolute atomic E-state index is 12.3. The fourth-order valence-electron chi connectivity index (χ4n) is 2.78. The third-order valence-electron chi connectivity index (χ3n) is 4.26. The van der Waals surface area contributed by atoms with E-state index in [-0.39, 0.29) is 18.6 Å². The van der Waals surface area contributed by atoms with Gasteiger partial charge >= 0.3 is 0 Å². The van der Waals surface area contributed by atoms with E-state index >= 15 is 0 Å². The van der Waals surface area contributed by atoms with Gasteiger partial charge in [-0.25, -0.2) is 0 Å². The average molecular weight is 305 g/mol. The van der Waals surface area contributed by atoms with Crippen LogP contribution in [0.25, 0.3) is 0 Å². The van der Waals surface area contributed by atoms with Crippen molar-refractivity contribution in [3.63, 3.8) is 0 Å². The highest BCUT2D eigenvalue weighted by Gasteiger charge is 2.36. The van der Waals surface area contributed by atoms with E-state index in [9.17, 15) is 4.79 Å². The maximum Gasteiger partial charge on any atom is 0.260 e. The largest absolute Gasteiger partial charge is 0.493 e. The average Bonchev–Trinajstić information content (AvgIpc) is 3.38. The minimum absolute atomic E-state index is 0.0107. The number of carbonyl (C=O) groups is 1. The molecule has 2 aliphatic rings. The Labute approximate surface area is 131 Å². The van der Waals surface area contributed by atoms with Crippen LogP contribution < -0.4 is 9.47 Å². The van der Waals surface area contributed by atoms with Crippen molar-refractivity contribution >= 4 is 5.91 Å². The zero-order valence-electron chi connectivity index (χ0n) is 13.2. The Morgan fingerprint density at radius 1 is 1.36 bits per heavy atom. The van der Waals surface area contributed by atoms with Crippen LogP contribution in [0.2, 0.25) is 0 Å². The summed E-state index contributed by atoms with van der Waals surface area (Å²) in [4.78, 5) is 14.2. The molecule has 120 valence electrons. The zero-order chi connectivity index (χ0) is 15.5. The number of nitrogens with zero attached hydrogens (tertiary/aromatic N) is 1. The number of morpholine rings is 1. The Balaban J connectivity index is 1.55. The standard InChI is InChI=1S/C17H23NO4/c1-12-3-6-14(15(9-12)20-2)22-11-17(19)18-7-8-21-16(10-18)13-4-5-13/h3,6,9,13,16H,4-5,7-8,10-11H2,1-2H3. The van der Waals surface area contributed by atoms with E-state index in [1.807, 2.05) is 30.0 Å². The van der Waals surface area contributed by atoms with E-state index in [4.69, 9.17) is 14.2 Å². The minimum Gasteiger partial charge on any atom is -0.493 e. The first-order valence-electron chi connectivity index (χ1n) is 7.84. The number of ether oxygens (including phenoxy) is 3. The molecule has 1 aliphatic carbocycles. The van der Waals surface area contributed by atoms with Crippen LogP contribution in [0.3, 0.4) is 0 Å². The summed E-state index contributed by atoms with van der Waals surface area (Å²) in [5.41, 5.74) is 1.09. The van der Waals surface area contributed by atoms with Gasteiger partial charge < -0.3 is 19.1 Å². The van der Waals surface area contributed by atoms with Crippen molar-refractivity contribution in [3.8, 4) is 11.5 Å². The van der Waals surface area contributed by atoms with Crippen LogP contribution in [-0.2, 0) is 9.53 Å². The van der Waals surface area contributed by atoms with Crippen molar-refractivity contribution in [1.82, 2.24) is 4.90 Å². The van der Waals surface area contributed by atoms with Crippen molar-refractivity contribution in [2.24, 2.45) is 5.92 Å². The molecule has 0 N–H and O–H groups in total. The number of methoxy groups -OCH3 is 1. The summed E-state index contributed by atoms with van der Waals surface area (Å²) >= 11 is 0. The summed E-state index contributed by atoms with van der Waals surface area (Å²) in [6, 6.07) is 5.69. The normalized spacial score (nSPS) is 21.5. The molecule has 0 radical (unpaired) electrons. The Bertz CT molecular complexity index is 541. The lowest BCUT2D eigenvalue weighted by Crippen LogP contribution is -2.48. The topological polar surface area (TPSA) is 48.0 Å². The second kappa shape index (κ2) is 6.57. The van der Waals surface area contributed by atoms with E-state index in [0.717, 1.165) is 5.56 Å². The number of benzene rings is 1. The number of carbonyl (C=O) groups excluding carboxylic acids is 1. The van der Waals surface area contributed by atoms with E-state index in [0.29, 0.717) is 37.1 Å². The third-order valence-corrected chi connectivity index (χ3v) is 4.26. The Morgan fingerprint density at radius 3 is 2.91 bits per heavy atom. The molecule has 1 aliphatic heterocycles. The van der Waals surface area contributed by atoms with Crippen molar-refractivity contribution in [3.05, 3.63) is 23.8 Å². The quantitative estimate of drug-likeness (QED) is 0.835. The van der Waals surface area contributed by atoms with E-state index in [2.05, 4.69) is 0 Å². The molecule has 1 saturated carbocycles. The molecule has 1 aromatic carbocycles. The van der Waals surface area contributed by atoms with Crippen LogP contribution in [0.4, 0.5) is 0 Å². The van der Waals surface area contributed by atoms with Gasteiger partial charge in [0.05, 0.1) is 19.8 Å². The lowest BCUT2D eigenvalue weighted by Gasteiger charge is -2.33. The van der Waals surface area contributed by atoms with Crippen molar-refractivity contribution in [2.75, 3.05) is 33.4 Å². The molecule has 0 spiro atoms. The first-order valence-corrected chi connectivity index (χ1v) is 7.84. The summed E-state index contributed by atoms with van der Waals surface area (Å²) in [6.45, 7) is 4.00. The molecule has 0 bridgehead atoms. The Morgan fingerprint density at radius 2 is 2.18 bits per heavy atom. The lowest BCUT2D eigenvalue weighted by molar-refractivity contribution is -0.141. The second-order valence-corrected chi connectivity index (χ2v) is 6.03. The van der Waals surface area contributed by atoms with Crippen LogP contribution in [0.1, 0.15) is 18.4 Å². The summed E-state index contributed by atoms with van der Waals surface area (Å²) < 4.78 is 16.7. The van der Waals surface area contributed by atoms with Gasteiger partial charge in [0.15, 0.2) is 18.1 Å². The number of rotatable bonds is 5. The smallest absolute Gasteiger partial charge is 0.260 e. The maximum atomic E-state index is 12.3. The molecule has 3 rings (SSSR count). The molecule has 5 heteroatoms. The minimum atomic E-state index is 0.0107. The molecular formula is C17H23NO4. The molecule has 1 atom stereocenters. The van der Waals surface area contributed by atoms with Gasteiger partial charge in [0, 0.05) is 13.1 Å². The van der Waals surface area contributed by atoms with Gasteiger partial charge in [0.2, 0.25) is 0 Å². The third kappa shape index (κ3) is 3.53. The molecule has 0 aromatic heterocycles. The fourth-order valence-corrected chi connectivity index (χ4v) is 2.78.